The lowest BCUT2D eigenvalue weighted by molar-refractivity contribution is 0.102. The normalized spacial score (nSPS) is 10.7. The van der Waals surface area contributed by atoms with Gasteiger partial charge in [-0.05, 0) is 54.8 Å². The molecule has 5 nitrogen and oxygen atoms in total. The van der Waals surface area contributed by atoms with Crippen molar-refractivity contribution in [1.29, 1.82) is 0 Å². The van der Waals surface area contributed by atoms with Crippen molar-refractivity contribution in [2.45, 2.75) is 26.2 Å². The zero-order valence-electron chi connectivity index (χ0n) is 17.5. The second kappa shape index (κ2) is 9.30. The molecule has 0 radical (unpaired) electrons. The van der Waals surface area contributed by atoms with Crippen molar-refractivity contribution in [1.82, 2.24) is 9.55 Å². The van der Waals surface area contributed by atoms with E-state index < -0.39 is 0 Å². The Morgan fingerprint density at radius 1 is 1.00 bits per heavy atom. The number of para-hydroxylation sites is 1. The number of aromatic hydroxyl groups is 1. The van der Waals surface area contributed by atoms with Gasteiger partial charge in [0, 0.05) is 23.0 Å². The molecule has 0 aliphatic heterocycles. The van der Waals surface area contributed by atoms with E-state index in [1.807, 2.05) is 71.4 Å². The molecule has 0 bridgehead atoms. The summed E-state index contributed by atoms with van der Waals surface area (Å²) in [5.41, 5.74) is 4.12. The van der Waals surface area contributed by atoms with Gasteiger partial charge < -0.3 is 5.11 Å². The number of nitrogens with zero attached hydrogens (tertiary/aromatic N) is 2. The van der Waals surface area contributed by atoms with Crippen molar-refractivity contribution in [3.05, 3.63) is 96.2 Å². The van der Waals surface area contributed by atoms with Gasteiger partial charge in [-0.15, -0.1) is 0 Å². The summed E-state index contributed by atoms with van der Waals surface area (Å²) in [6, 6.07) is 24.3. The van der Waals surface area contributed by atoms with Crippen LogP contribution in [0.15, 0.2) is 85.1 Å². The van der Waals surface area contributed by atoms with Gasteiger partial charge >= 0.3 is 0 Å². The monoisotopic (exact) mass is 411 g/mol. The number of carbonyl (C=O) groups excluding carboxylic acids is 1. The van der Waals surface area contributed by atoms with Crippen LogP contribution in [0.4, 0.5) is 5.95 Å². The highest BCUT2D eigenvalue weighted by Crippen LogP contribution is 2.26. The number of nitrogens with one attached hydrogen (secondary N) is 1. The van der Waals surface area contributed by atoms with Crippen LogP contribution in [0, 0.1) is 0 Å². The molecular weight excluding hydrogens is 386 g/mol. The number of carbonyl (C=O) groups is 1. The number of imidazole rings is 1. The van der Waals surface area contributed by atoms with Crippen LogP contribution in [0.3, 0.4) is 0 Å². The molecule has 0 spiro atoms. The van der Waals surface area contributed by atoms with Gasteiger partial charge in [0.15, 0.2) is 0 Å². The molecule has 0 saturated heterocycles. The Bertz CT molecular complexity index is 1160. The van der Waals surface area contributed by atoms with Crippen molar-refractivity contribution < 1.29 is 9.90 Å². The molecule has 0 aliphatic rings. The first-order valence-electron chi connectivity index (χ1n) is 10.5. The summed E-state index contributed by atoms with van der Waals surface area (Å²) in [5, 5.41) is 12.8. The predicted molar refractivity (Wildman–Crippen MR) is 124 cm³/mol. The Labute approximate surface area is 182 Å². The van der Waals surface area contributed by atoms with Crippen LogP contribution in [0.2, 0.25) is 0 Å². The minimum Gasteiger partial charge on any atom is -0.508 e. The SMILES string of the molecule is CCCCc1ccc(C(=O)Nc2nc(-c3cccc(O)c3)cn2-c2ccccc2)cc1. The van der Waals surface area contributed by atoms with Crippen LogP contribution in [0.25, 0.3) is 16.9 Å². The number of phenolic OH excluding ortho intramolecular Hbond substituents is 1. The second-order valence-electron chi connectivity index (χ2n) is 7.46. The first-order valence-corrected chi connectivity index (χ1v) is 10.5. The van der Waals surface area contributed by atoms with E-state index in [4.69, 9.17) is 0 Å². The predicted octanol–water partition coefficient (Wildman–Crippen LogP) is 5.84. The second-order valence-corrected chi connectivity index (χ2v) is 7.46. The van der Waals surface area contributed by atoms with Gasteiger partial charge in [-0.3, -0.25) is 14.7 Å². The van der Waals surface area contributed by atoms with E-state index >= 15 is 0 Å². The summed E-state index contributed by atoms with van der Waals surface area (Å²) >= 11 is 0. The minimum absolute atomic E-state index is 0.167. The average Bonchev–Trinajstić information content (AvgIpc) is 3.22. The summed E-state index contributed by atoms with van der Waals surface area (Å²) in [7, 11) is 0. The first kappa shape index (κ1) is 20.4. The highest BCUT2D eigenvalue weighted by molar-refractivity contribution is 6.03. The Hall–Kier alpha value is -3.86. The third kappa shape index (κ3) is 4.83. The molecule has 0 fully saturated rings. The maximum atomic E-state index is 12.9. The number of hydrogen-bond acceptors (Lipinski definition) is 3. The fourth-order valence-corrected chi connectivity index (χ4v) is 3.44. The summed E-state index contributed by atoms with van der Waals surface area (Å²) < 4.78 is 1.84. The Morgan fingerprint density at radius 3 is 2.48 bits per heavy atom. The van der Waals surface area contributed by atoms with Crippen LogP contribution in [0.1, 0.15) is 35.7 Å². The minimum atomic E-state index is -0.215. The first-order chi connectivity index (χ1) is 15.1. The molecule has 156 valence electrons. The summed E-state index contributed by atoms with van der Waals surface area (Å²) in [6.07, 6.45) is 5.15. The lowest BCUT2D eigenvalue weighted by atomic mass is 10.1. The summed E-state index contributed by atoms with van der Waals surface area (Å²) in [4.78, 5) is 17.6. The standard InChI is InChI=1S/C26H25N3O2/c1-2-3-8-19-13-15-20(16-14-19)25(31)28-26-27-24(21-9-7-12-23(30)17-21)18-29(26)22-10-5-4-6-11-22/h4-7,9-18,30H,2-3,8H2,1H3,(H,27,28,31). The summed E-state index contributed by atoms with van der Waals surface area (Å²) in [5.74, 6) is 0.373. The molecule has 0 saturated carbocycles. The molecule has 31 heavy (non-hydrogen) atoms. The van der Waals surface area contributed by atoms with Gasteiger partial charge in [-0.2, -0.15) is 0 Å². The fraction of sp³-hybridized carbons (Fsp3) is 0.154. The van der Waals surface area contributed by atoms with E-state index in [1.54, 1.807) is 18.2 Å². The molecule has 4 aromatic rings. The number of rotatable bonds is 7. The lowest BCUT2D eigenvalue weighted by Crippen LogP contribution is -2.15. The number of amides is 1. The lowest BCUT2D eigenvalue weighted by Gasteiger charge is -2.09. The van der Waals surface area contributed by atoms with Gasteiger partial charge in [-0.25, -0.2) is 4.98 Å². The largest absolute Gasteiger partial charge is 0.508 e. The smallest absolute Gasteiger partial charge is 0.257 e. The molecule has 3 aromatic carbocycles. The molecule has 1 aromatic heterocycles. The number of aromatic nitrogens is 2. The van der Waals surface area contributed by atoms with Crippen LogP contribution < -0.4 is 5.32 Å². The van der Waals surface area contributed by atoms with Crippen LogP contribution in [0.5, 0.6) is 5.75 Å². The molecular formula is C26H25N3O2. The topological polar surface area (TPSA) is 67.2 Å². The van der Waals surface area contributed by atoms with E-state index in [1.165, 1.54) is 5.56 Å². The van der Waals surface area contributed by atoms with Gasteiger partial charge in [0.05, 0.1) is 5.69 Å². The molecule has 5 heteroatoms. The molecule has 0 unspecified atom stereocenters. The van der Waals surface area contributed by atoms with Crippen molar-refractivity contribution in [2.75, 3.05) is 5.32 Å². The van der Waals surface area contributed by atoms with Crippen LogP contribution in [-0.2, 0) is 6.42 Å². The van der Waals surface area contributed by atoms with Gasteiger partial charge in [0.1, 0.15) is 5.75 Å². The van der Waals surface area contributed by atoms with E-state index in [0.717, 1.165) is 30.5 Å². The number of aryl methyl sites for hydroxylation is 1. The molecule has 0 atom stereocenters. The maximum Gasteiger partial charge on any atom is 0.257 e. The number of unbranched alkanes of at least 4 members (excludes halogenated alkanes) is 1. The van der Waals surface area contributed by atoms with Crippen LogP contribution >= 0.6 is 0 Å². The number of anilines is 1. The summed E-state index contributed by atoms with van der Waals surface area (Å²) in [6.45, 7) is 2.17. The number of phenols is 1. The molecule has 4 rings (SSSR count). The molecule has 2 N–H and O–H groups in total. The molecule has 1 heterocycles. The highest BCUT2D eigenvalue weighted by Gasteiger charge is 2.15. The van der Waals surface area contributed by atoms with E-state index in [-0.39, 0.29) is 11.7 Å². The Balaban J connectivity index is 1.64. The van der Waals surface area contributed by atoms with Gasteiger partial charge in [0.25, 0.3) is 5.91 Å². The van der Waals surface area contributed by atoms with Crippen molar-refractivity contribution in [2.24, 2.45) is 0 Å². The third-order valence-corrected chi connectivity index (χ3v) is 5.14. The molecule has 1 amide bonds. The van der Waals surface area contributed by atoms with E-state index in [2.05, 4.69) is 17.2 Å². The van der Waals surface area contributed by atoms with Gasteiger partial charge in [-0.1, -0.05) is 55.8 Å². The highest BCUT2D eigenvalue weighted by atomic mass is 16.3. The van der Waals surface area contributed by atoms with Crippen molar-refractivity contribution in [3.8, 4) is 22.7 Å². The Morgan fingerprint density at radius 2 is 1.77 bits per heavy atom. The number of benzene rings is 3. The molecule has 0 aliphatic carbocycles. The third-order valence-electron chi connectivity index (χ3n) is 5.14. The maximum absolute atomic E-state index is 12.9. The Kier molecular flexibility index (Phi) is 6.13. The fourth-order valence-electron chi connectivity index (χ4n) is 3.44. The zero-order chi connectivity index (χ0) is 21.6. The van der Waals surface area contributed by atoms with Crippen molar-refractivity contribution in [3.63, 3.8) is 0 Å². The van der Waals surface area contributed by atoms with E-state index in [0.29, 0.717) is 17.2 Å². The number of hydrogen-bond donors (Lipinski definition) is 2. The average molecular weight is 412 g/mol. The van der Waals surface area contributed by atoms with Gasteiger partial charge in [0.2, 0.25) is 5.95 Å². The van der Waals surface area contributed by atoms with E-state index in [9.17, 15) is 9.90 Å². The zero-order valence-corrected chi connectivity index (χ0v) is 17.5. The van der Waals surface area contributed by atoms with Crippen LogP contribution in [-0.4, -0.2) is 20.6 Å². The van der Waals surface area contributed by atoms with Crippen molar-refractivity contribution >= 4 is 11.9 Å². The quantitative estimate of drug-likeness (QED) is 0.401.